The van der Waals surface area contributed by atoms with E-state index < -0.39 is 0 Å². The Hall–Kier alpha value is -1.66. The van der Waals surface area contributed by atoms with Gasteiger partial charge in [0.25, 0.3) is 0 Å². The third kappa shape index (κ3) is 5.28. The van der Waals surface area contributed by atoms with Crippen LogP contribution in [0.1, 0.15) is 5.56 Å². The lowest BCUT2D eigenvalue weighted by atomic mass is 10.2. The van der Waals surface area contributed by atoms with Crippen molar-refractivity contribution in [1.29, 1.82) is 0 Å². The van der Waals surface area contributed by atoms with E-state index in [1.54, 1.807) is 12.1 Å². The molecule has 0 saturated carbocycles. The molecule has 1 rings (SSSR count). The molecule has 0 aromatic heterocycles. The van der Waals surface area contributed by atoms with Crippen LogP contribution in [0.2, 0.25) is 0 Å². The fourth-order valence-electron chi connectivity index (χ4n) is 0.834. The van der Waals surface area contributed by atoms with Gasteiger partial charge in [0.05, 0.1) is 6.21 Å². The van der Waals surface area contributed by atoms with Crippen LogP contribution < -0.4 is 17.2 Å². The molecule has 0 aliphatic carbocycles. The minimum Gasteiger partial charge on any atom is -0.507 e. The standard InChI is InChI=1S/C8H11N5O.2ClH/c9-6-1-2-7(14)5(3-6)4-12-13-8(10)11;;/h1-4,14H,9H2,(H4,10,11,13);2*1H. The maximum Gasteiger partial charge on any atom is 0.211 e. The van der Waals surface area contributed by atoms with Gasteiger partial charge in [-0.15, -0.1) is 29.9 Å². The molecule has 0 spiro atoms. The van der Waals surface area contributed by atoms with E-state index in [1.165, 1.54) is 12.3 Å². The van der Waals surface area contributed by atoms with Gasteiger partial charge in [-0.3, -0.25) is 0 Å². The van der Waals surface area contributed by atoms with Gasteiger partial charge in [-0.1, -0.05) is 0 Å². The number of benzene rings is 1. The first-order valence-electron chi connectivity index (χ1n) is 3.80. The summed E-state index contributed by atoms with van der Waals surface area (Å²) in [5.74, 6) is -0.0848. The van der Waals surface area contributed by atoms with Gasteiger partial charge >= 0.3 is 0 Å². The van der Waals surface area contributed by atoms with E-state index in [2.05, 4.69) is 10.2 Å². The zero-order chi connectivity index (χ0) is 10.6. The topological polar surface area (TPSA) is 123 Å². The number of hydrogen-bond donors (Lipinski definition) is 4. The highest BCUT2D eigenvalue weighted by Crippen LogP contribution is 2.17. The van der Waals surface area contributed by atoms with Crippen molar-refractivity contribution >= 4 is 42.7 Å². The lowest BCUT2D eigenvalue weighted by Crippen LogP contribution is -2.21. The largest absolute Gasteiger partial charge is 0.507 e. The highest BCUT2D eigenvalue weighted by Gasteiger charge is 1.97. The molecule has 0 radical (unpaired) electrons. The molecule has 0 aliphatic rings. The van der Waals surface area contributed by atoms with Gasteiger partial charge in [-0.2, -0.15) is 5.10 Å². The van der Waals surface area contributed by atoms with Crippen molar-refractivity contribution in [3.05, 3.63) is 23.8 Å². The van der Waals surface area contributed by atoms with Crippen LogP contribution in [0.4, 0.5) is 5.69 Å². The average molecular weight is 266 g/mol. The third-order valence-corrected chi connectivity index (χ3v) is 1.42. The minimum atomic E-state index is -0.148. The SMILES string of the molecule is Cl.Cl.NC(N)=NN=Cc1cc(N)ccc1O. The maximum atomic E-state index is 9.34. The molecule has 0 bridgehead atoms. The highest BCUT2D eigenvalue weighted by atomic mass is 35.5. The van der Waals surface area contributed by atoms with Gasteiger partial charge in [0.15, 0.2) is 0 Å². The van der Waals surface area contributed by atoms with Crippen LogP contribution in [0, 0.1) is 0 Å². The number of anilines is 1. The molecule has 90 valence electrons. The van der Waals surface area contributed by atoms with Crippen LogP contribution in [-0.4, -0.2) is 17.3 Å². The molecule has 8 heteroatoms. The highest BCUT2D eigenvalue weighted by molar-refractivity contribution is 5.86. The molecule has 1 aromatic carbocycles. The normalized spacial score (nSPS) is 9.00. The van der Waals surface area contributed by atoms with Crippen molar-refractivity contribution in [1.82, 2.24) is 0 Å². The van der Waals surface area contributed by atoms with Crippen LogP contribution in [0.5, 0.6) is 5.75 Å². The Kier molecular flexibility index (Phi) is 7.97. The summed E-state index contributed by atoms with van der Waals surface area (Å²) in [6, 6.07) is 4.60. The first-order chi connectivity index (χ1) is 6.59. The molecule has 16 heavy (non-hydrogen) atoms. The van der Waals surface area contributed by atoms with Gasteiger partial charge in [0.1, 0.15) is 5.75 Å². The van der Waals surface area contributed by atoms with Crippen LogP contribution in [0.3, 0.4) is 0 Å². The molecule has 0 atom stereocenters. The smallest absolute Gasteiger partial charge is 0.211 e. The lowest BCUT2D eigenvalue weighted by Gasteiger charge is -1.98. The Morgan fingerprint density at radius 3 is 2.44 bits per heavy atom. The van der Waals surface area contributed by atoms with Gasteiger partial charge in [0, 0.05) is 11.3 Å². The van der Waals surface area contributed by atoms with Gasteiger partial charge in [-0.25, -0.2) is 0 Å². The maximum absolute atomic E-state index is 9.34. The van der Waals surface area contributed by atoms with Crippen molar-refractivity contribution in [2.45, 2.75) is 0 Å². The summed E-state index contributed by atoms with van der Waals surface area (Å²) < 4.78 is 0. The second-order valence-corrected chi connectivity index (χ2v) is 2.59. The van der Waals surface area contributed by atoms with Gasteiger partial charge in [0.2, 0.25) is 5.96 Å². The van der Waals surface area contributed by atoms with Crippen molar-refractivity contribution in [2.75, 3.05) is 5.73 Å². The Morgan fingerprint density at radius 1 is 1.25 bits per heavy atom. The summed E-state index contributed by atoms with van der Waals surface area (Å²) in [6.45, 7) is 0. The molecule has 0 aliphatic heterocycles. The fourth-order valence-corrected chi connectivity index (χ4v) is 0.834. The Bertz CT molecular complexity index is 390. The minimum absolute atomic E-state index is 0. The van der Waals surface area contributed by atoms with E-state index in [1.807, 2.05) is 0 Å². The van der Waals surface area contributed by atoms with E-state index in [0.29, 0.717) is 11.3 Å². The van der Waals surface area contributed by atoms with Crippen LogP contribution in [0.15, 0.2) is 28.4 Å². The third-order valence-electron chi connectivity index (χ3n) is 1.42. The molecule has 0 heterocycles. The number of nitrogen functional groups attached to an aromatic ring is 1. The van der Waals surface area contributed by atoms with E-state index in [9.17, 15) is 5.11 Å². The van der Waals surface area contributed by atoms with Crippen LogP contribution >= 0.6 is 24.8 Å². The molecular formula is C8H13Cl2N5O. The Labute approximate surface area is 105 Å². The van der Waals surface area contributed by atoms with E-state index in [4.69, 9.17) is 17.2 Å². The summed E-state index contributed by atoms with van der Waals surface area (Å²) in [4.78, 5) is 0. The Balaban J connectivity index is 0. The lowest BCUT2D eigenvalue weighted by molar-refractivity contribution is 0.474. The average Bonchev–Trinajstić information content (AvgIpc) is 2.10. The number of hydrogen-bond acceptors (Lipinski definition) is 4. The number of guanidine groups is 1. The molecule has 0 fully saturated rings. The molecule has 6 nitrogen and oxygen atoms in total. The van der Waals surface area contributed by atoms with Crippen molar-refractivity contribution in [3.8, 4) is 5.75 Å². The summed E-state index contributed by atoms with van der Waals surface area (Å²) in [5, 5.41) is 16.3. The number of nitrogens with zero attached hydrogens (tertiary/aromatic N) is 2. The second-order valence-electron chi connectivity index (χ2n) is 2.59. The molecule has 1 aromatic rings. The summed E-state index contributed by atoms with van der Waals surface area (Å²) in [5.41, 5.74) is 16.6. The predicted octanol–water partition coefficient (Wildman–Crippen LogP) is 0.425. The summed E-state index contributed by atoms with van der Waals surface area (Å²) in [7, 11) is 0. The first kappa shape index (κ1) is 16.8. The van der Waals surface area contributed by atoms with Gasteiger partial charge < -0.3 is 22.3 Å². The van der Waals surface area contributed by atoms with E-state index in [0.717, 1.165) is 0 Å². The monoisotopic (exact) mass is 265 g/mol. The van der Waals surface area contributed by atoms with E-state index >= 15 is 0 Å². The summed E-state index contributed by atoms with van der Waals surface area (Å²) in [6.07, 6.45) is 1.31. The predicted molar refractivity (Wildman–Crippen MR) is 70.4 cm³/mol. The molecule has 0 unspecified atom stereocenters. The number of halogens is 2. The molecule has 7 N–H and O–H groups in total. The van der Waals surface area contributed by atoms with Crippen LogP contribution in [-0.2, 0) is 0 Å². The van der Waals surface area contributed by atoms with Crippen molar-refractivity contribution in [2.24, 2.45) is 21.7 Å². The number of aromatic hydroxyl groups is 1. The molecule has 0 amide bonds. The number of phenols is 1. The number of nitrogens with two attached hydrogens (primary N) is 3. The van der Waals surface area contributed by atoms with E-state index in [-0.39, 0.29) is 36.5 Å². The fraction of sp³-hybridized carbons (Fsp3) is 0. The van der Waals surface area contributed by atoms with Crippen LogP contribution in [0.25, 0.3) is 0 Å². The quantitative estimate of drug-likeness (QED) is 0.204. The first-order valence-corrected chi connectivity index (χ1v) is 3.80. The zero-order valence-electron chi connectivity index (χ0n) is 8.20. The van der Waals surface area contributed by atoms with Crippen molar-refractivity contribution in [3.63, 3.8) is 0 Å². The number of rotatable bonds is 2. The molecular weight excluding hydrogens is 253 g/mol. The second kappa shape index (κ2) is 7.61. The summed E-state index contributed by atoms with van der Waals surface area (Å²) >= 11 is 0. The zero-order valence-corrected chi connectivity index (χ0v) is 9.83. The number of phenolic OH excluding ortho intramolecular Hbond substituents is 1. The molecule has 0 saturated heterocycles. The van der Waals surface area contributed by atoms with Crippen molar-refractivity contribution < 1.29 is 5.11 Å². The van der Waals surface area contributed by atoms with Gasteiger partial charge in [-0.05, 0) is 18.2 Å². The Morgan fingerprint density at radius 2 is 1.88 bits per heavy atom.